The Morgan fingerprint density at radius 1 is 1.12 bits per heavy atom. The highest BCUT2D eigenvalue weighted by Gasteiger charge is 2.48. The summed E-state index contributed by atoms with van der Waals surface area (Å²) < 4.78 is 19.8. The van der Waals surface area contributed by atoms with Crippen molar-refractivity contribution in [1.82, 2.24) is 10.2 Å². The molecule has 12 heteroatoms. The fourth-order valence-corrected chi connectivity index (χ4v) is 6.60. The SMILES string of the molecule is C=CCOc1cccc(C2C(=C(O)c3ccc(F)cc3)C(=O)C(=O)N2c2nnc(SCc3ccc(Cl)cc3Cl)s2)c1. The van der Waals surface area contributed by atoms with Crippen molar-refractivity contribution in [1.29, 1.82) is 0 Å². The van der Waals surface area contributed by atoms with E-state index in [1.165, 1.54) is 28.8 Å². The number of benzene rings is 3. The summed E-state index contributed by atoms with van der Waals surface area (Å²) in [5.41, 5.74) is 1.35. The Bertz CT molecular complexity index is 1680. The minimum Gasteiger partial charge on any atom is -0.507 e. The predicted molar refractivity (Wildman–Crippen MR) is 159 cm³/mol. The van der Waals surface area contributed by atoms with Crippen LogP contribution in [0.1, 0.15) is 22.7 Å². The van der Waals surface area contributed by atoms with Crippen LogP contribution < -0.4 is 9.64 Å². The Kier molecular flexibility index (Phi) is 8.74. The number of amides is 1. The summed E-state index contributed by atoms with van der Waals surface area (Å²) in [4.78, 5) is 28.0. The van der Waals surface area contributed by atoms with Crippen LogP contribution in [0, 0.1) is 5.82 Å². The monoisotopic (exact) mass is 627 g/mol. The highest BCUT2D eigenvalue weighted by atomic mass is 35.5. The van der Waals surface area contributed by atoms with Crippen molar-refractivity contribution in [3.05, 3.63) is 118 Å². The summed E-state index contributed by atoms with van der Waals surface area (Å²) >= 11 is 14.8. The molecule has 1 aromatic heterocycles. The summed E-state index contributed by atoms with van der Waals surface area (Å²) in [5, 5.41) is 20.8. The van der Waals surface area contributed by atoms with Crippen LogP contribution >= 0.6 is 46.3 Å². The number of ether oxygens (including phenoxy) is 1. The van der Waals surface area contributed by atoms with Crippen molar-refractivity contribution < 1.29 is 23.8 Å². The van der Waals surface area contributed by atoms with Gasteiger partial charge in [0, 0.05) is 21.4 Å². The zero-order valence-electron chi connectivity index (χ0n) is 21.1. The van der Waals surface area contributed by atoms with Gasteiger partial charge in [-0.3, -0.25) is 14.5 Å². The lowest BCUT2D eigenvalue weighted by Gasteiger charge is -2.23. The van der Waals surface area contributed by atoms with Gasteiger partial charge in [-0.1, -0.05) is 77.2 Å². The Morgan fingerprint density at radius 2 is 1.90 bits per heavy atom. The molecule has 1 N–H and O–H groups in total. The molecule has 1 aliphatic heterocycles. The molecule has 0 bridgehead atoms. The van der Waals surface area contributed by atoms with Crippen LogP contribution in [0.4, 0.5) is 9.52 Å². The van der Waals surface area contributed by atoms with Gasteiger partial charge < -0.3 is 9.84 Å². The molecule has 5 rings (SSSR count). The number of anilines is 1. The van der Waals surface area contributed by atoms with Crippen LogP contribution in [0.2, 0.25) is 10.0 Å². The number of aliphatic hydroxyl groups is 1. The summed E-state index contributed by atoms with van der Waals surface area (Å²) in [7, 11) is 0. The number of ketones is 1. The Morgan fingerprint density at radius 3 is 2.63 bits per heavy atom. The van der Waals surface area contributed by atoms with Gasteiger partial charge in [-0.25, -0.2) is 4.39 Å². The molecule has 1 aliphatic rings. The molecule has 1 fully saturated rings. The first-order chi connectivity index (χ1) is 19.8. The second-order valence-electron chi connectivity index (χ2n) is 8.72. The van der Waals surface area contributed by atoms with Crippen molar-refractivity contribution in [3.8, 4) is 5.75 Å². The number of thioether (sulfide) groups is 1. The summed E-state index contributed by atoms with van der Waals surface area (Å²) in [6.07, 6.45) is 1.59. The molecule has 0 radical (unpaired) electrons. The molecule has 2 heterocycles. The first-order valence-corrected chi connectivity index (χ1v) is 14.6. The standard InChI is InChI=1S/C29H20Cl2FN3O4S2/c1-2-12-39-21-5-3-4-17(13-21)24-23(25(36)16-7-10-20(32)11-8-16)26(37)27(38)35(24)28-33-34-29(41-28)40-15-18-6-9-19(30)14-22(18)31/h2-11,13-14,24,36H,1,12,15H2. The number of hydrogen-bond acceptors (Lipinski definition) is 8. The number of aliphatic hydroxyl groups excluding tert-OH is 1. The van der Waals surface area contributed by atoms with Crippen LogP contribution in [-0.4, -0.2) is 33.6 Å². The fraction of sp³-hybridized carbons (Fsp3) is 0.103. The first kappa shape index (κ1) is 28.8. The van der Waals surface area contributed by atoms with Gasteiger partial charge in [0.05, 0.1) is 11.6 Å². The largest absolute Gasteiger partial charge is 0.507 e. The average molecular weight is 629 g/mol. The van der Waals surface area contributed by atoms with Crippen LogP contribution in [0.15, 0.2) is 89.3 Å². The Labute approximate surface area is 252 Å². The van der Waals surface area contributed by atoms with Gasteiger partial charge >= 0.3 is 5.91 Å². The number of hydrogen-bond donors (Lipinski definition) is 1. The molecule has 0 saturated carbocycles. The zero-order chi connectivity index (χ0) is 29.1. The van der Waals surface area contributed by atoms with Crippen LogP contribution in [0.3, 0.4) is 0 Å². The molecule has 1 saturated heterocycles. The molecule has 1 atom stereocenters. The van der Waals surface area contributed by atoms with E-state index >= 15 is 0 Å². The summed E-state index contributed by atoms with van der Waals surface area (Å²) in [6.45, 7) is 3.89. The first-order valence-electron chi connectivity index (χ1n) is 12.1. The van der Waals surface area contributed by atoms with E-state index in [4.69, 9.17) is 27.9 Å². The van der Waals surface area contributed by atoms with E-state index in [2.05, 4.69) is 16.8 Å². The van der Waals surface area contributed by atoms with E-state index in [0.29, 0.717) is 31.5 Å². The second kappa shape index (κ2) is 12.4. The molecule has 41 heavy (non-hydrogen) atoms. The van der Waals surface area contributed by atoms with Gasteiger partial charge in [-0.15, -0.1) is 10.2 Å². The molecule has 0 aliphatic carbocycles. The molecule has 1 amide bonds. The number of carbonyl (C=O) groups excluding carboxylic acids is 2. The van der Waals surface area contributed by atoms with E-state index < -0.39 is 29.3 Å². The lowest BCUT2D eigenvalue weighted by molar-refractivity contribution is -0.132. The molecule has 3 aromatic carbocycles. The van der Waals surface area contributed by atoms with Crippen molar-refractivity contribution in [2.45, 2.75) is 16.1 Å². The highest BCUT2D eigenvalue weighted by Crippen LogP contribution is 2.44. The molecule has 0 spiro atoms. The van der Waals surface area contributed by atoms with Gasteiger partial charge in [-0.05, 0) is 59.7 Å². The molecule has 1 unspecified atom stereocenters. The van der Waals surface area contributed by atoms with Crippen LogP contribution in [0.25, 0.3) is 5.76 Å². The predicted octanol–water partition coefficient (Wildman–Crippen LogP) is 7.47. The van der Waals surface area contributed by atoms with Gasteiger partial charge in [0.15, 0.2) is 4.34 Å². The molecular weight excluding hydrogens is 608 g/mol. The topological polar surface area (TPSA) is 92.6 Å². The van der Waals surface area contributed by atoms with Gasteiger partial charge in [-0.2, -0.15) is 0 Å². The minimum absolute atomic E-state index is 0.164. The number of aromatic nitrogens is 2. The highest BCUT2D eigenvalue weighted by molar-refractivity contribution is 8.00. The van der Waals surface area contributed by atoms with E-state index in [9.17, 15) is 19.1 Å². The molecule has 4 aromatic rings. The maximum absolute atomic E-state index is 13.6. The van der Waals surface area contributed by atoms with Gasteiger partial charge in [0.2, 0.25) is 5.13 Å². The van der Waals surface area contributed by atoms with E-state index in [1.807, 2.05) is 6.07 Å². The lowest BCUT2D eigenvalue weighted by Crippen LogP contribution is -2.29. The van der Waals surface area contributed by atoms with Gasteiger partial charge in [0.25, 0.3) is 5.78 Å². The molecule has 208 valence electrons. The smallest absolute Gasteiger partial charge is 0.301 e. The summed E-state index contributed by atoms with van der Waals surface area (Å²) in [6, 6.07) is 15.9. The second-order valence-corrected chi connectivity index (χ2v) is 11.7. The third-order valence-corrected chi connectivity index (χ3v) is 8.76. The number of Topliss-reactive ketones (excluding diaryl/α,β-unsaturated/α-hetero) is 1. The third kappa shape index (κ3) is 6.15. The maximum Gasteiger partial charge on any atom is 0.301 e. The van der Waals surface area contributed by atoms with Crippen molar-refractivity contribution >= 4 is 68.9 Å². The quantitative estimate of drug-likeness (QED) is 0.0514. The average Bonchev–Trinajstić information content (AvgIpc) is 3.53. The van der Waals surface area contributed by atoms with Gasteiger partial charge in [0.1, 0.15) is 23.9 Å². The normalized spacial score (nSPS) is 16.3. The zero-order valence-corrected chi connectivity index (χ0v) is 24.2. The van der Waals surface area contributed by atoms with E-state index in [1.54, 1.807) is 42.5 Å². The van der Waals surface area contributed by atoms with E-state index in [0.717, 1.165) is 29.0 Å². The van der Waals surface area contributed by atoms with Crippen molar-refractivity contribution in [2.24, 2.45) is 0 Å². The number of halogens is 3. The maximum atomic E-state index is 13.6. The molecule has 7 nitrogen and oxygen atoms in total. The fourth-order valence-electron chi connectivity index (χ4n) is 4.17. The lowest BCUT2D eigenvalue weighted by atomic mass is 9.95. The Hall–Kier alpha value is -3.70. The number of rotatable bonds is 9. The Balaban J connectivity index is 1.54. The summed E-state index contributed by atoms with van der Waals surface area (Å²) in [5.74, 6) is -1.80. The minimum atomic E-state index is -1.05. The number of carbonyl (C=O) groups is 2. The van der Waals surface area contributed by atoms with Crippen molar-refractivity contribution in [2.75, 3.05) is 11.5 Å². The van der Waals surface area contributed by atoms with Crippen LogP contribution in [-0.2, 0) is 15.3 Å². The third-order valence-electron chi connectivity index (χ3n) is 6.07. The molecular formula is C29H20Cl2FN3O4S2. The van der Waals surface area contributed by atoms with Crippen molar-refractivity contribution in [3.63, 3.8) is 0 Å². The number of nitrogens with zero attached hydrogens (tertiary/aromatic N) is 3. The van der Waals surface area contributed by atoms with E-state index in [-0.39, 0.29) is 22.9 Å². The van der Waals surface area contributed by atoms with Crippen LogP contribution in [0.5, 0.6) is 5.75 Å².